The van der Waals surface area contributed by atoms with Gasteiger partial charge in [-0.1, -0.05) is 0 Å². The molecule has 1 aromatic heterocycles. The normalized spacial score (nSPS) is 17.7. The van der Waals surface area contributed by atoms with Crippen molar-refractivity contribution in [3.05, 3.63) is 18.3 Å². The fourth-order valence-corrected chi connectivity index (χ4v) is 3.33. The van der Waals surface area contributed by atoms with Gasteiger partial charge in [0.05, 0.1) is 0 Å². The minimum Gasteiger partial charge on any atom is -0.354 e. The molecule has 1 N–H and O–H groups in total. The van der Waals surface area contributed by atoms with Crippen LogP contribution in [0.15, 0.2) is 23.2 Å². The molecule has 0 spiro atoms. The summed E-state index contributed by atoms with van der Waals surface area (Å²) in [7, 11) is -1.36. The molecule has 1 aromatic rings. The van der Waals surface area contributed by atoms with Gasteiger partial charge in [0.1, 0.15) is 10.7 Å². The molecule has 0 bridgehead atoms. The minimum atomic E-state index is -3.46. The molecule has 0 unspecified atom stereocenters. The Morgan fingerprint density at radius 1 is 1.20 bits per heavy atom. The fraction of sp³-hybridized carbons (Fsp3) is 0.615. The molecule has 1 aliphatic heterocycles. The summed E-state index contributed by atoms with van der Waals surface area (Å²) in [6.45, 7) is 7.42. The molecule has 0 aliphatic carbocycles. The van der Waals surface area contributed by atoms with E-state index in [1.165, 1.54) is 6.20 Å². The lowest BCUT2D eigenvalue weighted by Gasteiger charge is -2.33. The first kappa shape index (κ1) is 15.2. The molecule has 0 amide bonds. The lowest BCUT2D eigenvalue weighted by molar-refractivity contribution is 0.312. The van der Waals surface area contributed by atoms with Crippen LogP contribution in [0.3, 0.4) is 0 Å². The highest BCUT2D eigenvalue weighted by Gasteiger charge is 2.18. The summed E-state index contributed by atoms with van der Waals surface area (Å²) >= 11 is 0. The third kappa shape index (κ3) is 3.68. The van der Waals surface area contributed by atoms with Crippen molar-refractivity contribution in [3.8, 4) is 0 Å². The highest BCUT2D eigenvalue weighted by Crippen LogP contribution is 2.16. The Hall–Kier alpha value is -1.18. The molecule has 1 saturated heterocycles. The third-order valence-corrected chi connectivity index (χ3v) is 4.89. The standard InChI is InChI=1S/C13H22N4O2S/c1-11(2)15-20(18,19)12-4-5-13(14-10-12)17-8-6-16(3)7-9-17/h4-5,10-11,15H,6-9H2,1-3H3. The molecule has 0 radical (unpaired) electrons. The molecule has 1 fully saturated rings. The monoisotopic (exact) mass is 298 g/mol. The zero-order chi connectivity index (χ0) is 14.8. The predicted octanol–water partition coefficient (Wildman–Crippen LogP) is 0.520. The second-order valence-electron chi connectivity index (χ2n) is 5.42. The van der Waals surface area contributed by atoms with E-state index >= 15 is 0 Å². The van der Waals surface area contributed by atoms with Gasteiger partial charge in [0.15, 0.2) is 0 Å². The molecule has 6 nitrogen and oxygen atoms in total. The van der Waals surface area contributed by atoms with E-state index in [0.717, 1.165) is 32.0 Å². The van der Waals surface area contributed by atoms with Crippen molar-refractivity contribution in [3.63, 3.8) is 0 Å². The summed E-state index contributed by atoms with van der Waals surface area (Å²) in [6, 6.07) is 3.27. The smallest absolute Gasteiger partial charge is 0.242 e. The lowest BCUT2D eigenvalue weighted by Crippen LogP contribution is -2.44. The van der Waals surface area contributed by atoms with Crippen LogP contribution in [0.5, 0.6) is 0 Å². The summed E-state index contributed by atoms with van der Waals surface area (Å²) in [4.78, 5) is 8.94. The van der Waals surface area contributed by atoms with E-state index in [9.17, 15) is 8.42 Å². The number of likely N-dealkylation sites (N-methyl/N-ethyl adjacent to an activating group) is 1. The Balaban J connectivity index is 2.10. The van der Waals surface area contributed by atoms with Gasteiger partial charge in [-0.3, -0.25) is 0 Å². The molecular formula is C13H22N4O2S. The van der Waals surface area contributed by atoms with Gasteiger partial charge >= 0.3 is 0 Å². The highest BCUT2D eigenvalue weighted by molar-refractivity contribution is 7.89. The number of nitrogens with one attached hydrogen (secondary N) is 1. The molecular weight excluding hydrogens is 276 g/mol. The first-order chi connectivity index (χ1) is 9.38. The number of pyridine rings is 1. The van der Waals surface area contributed by atoms with Crippen LogP contribution in [0, 0.1) is 0 Å². The molecule has 2 rings (SSSR count). The van der Waals surface area contributed by atoms with Crippen molar-refractivity contribution in [1.29, 1.82) is 0 Å². The van der Waals surface area contributed by atoms with Crippen molar-refractivity contribution in [2.45, 2.75) is 24.8 Å². The van der Waals surface area contributed by atoms with Crippen molar-refractivity contribution >= 4 is 15.8 Å². The number of sulfonamides is 1. The van der Waals surface area contributed by atoms with Crippen LogP contribution in [0.4, 0.5) is 5.82 Å². The average Bonchev–Trinajstić information content (AvgIpc) is 2.38. The average molecular weight is 298 g/mol. The number of anilines is 1. The van der Waals surface area contributed by atoms with Crippen LogP contribution in [0.1, 0.15) is 13.8 Å². The van der Waals surface area contributed by atoms with Gasteiger partial charge in [-0.15, -0.1) is 0 Å². The van der Waals surface area contributed by atoms with Gasteiger partial charge < -0.3 is 9.80 Å². The summed E-state index contributed by atoms with van der Waals surface area (Å²) in [5.74, 6) is 0.835. The van der Waals surface area contributed by atoms with Crippen LogP contribution in [-0.2, 0) is 10.0 Å². The Morgan fingerprint density at radius 3 is 2.35 bits per heavy atom. The quantitative estimate of drug-likeness (QED) is 0.878. The number of piperazine rings is 1. The Bertz CT molecular complexity index is 534. The molecule has 112 valence electrons. The van der Waals surface area contributed by atoms with Crippen LogP contribution in [0.25, 0.3) is 0 Å². The predicted molar refractivity (Wildman–Crippen MR) is 79.4 cm³/mol. The van der Waals surface area contributed by atoms with Crippen molar-refractivity contribution in [2.24, 2.45) is 0 Å². The Labute approximate surface area is 120 Å². The second kappa shape index (κ2) is 6.07. The van der Waals surface area contributed by atoms with Gasteiger partial charge in [-0.2, -0.15) is 0 Å². The maximum atomic E-state index is 12.0. The van der Waals surface area contributed by atoms with E-state index in [2.05, 4.69) is 26.6 Å². The molecule has 1 aliphatic rings. The lowest BCUT2D eigenvalue weighted by atomic mass is 10.3. The summed E-state index contributed by atoms with van der Waals surface area (Å²) in [5, 5.41) is 0. The number of hydrogen-bond acceptors (Lipinski definition) is 5. The van der Waals surface area contributed by atoms with Crippen LogP contribution in [-0.4, -0.2) is 57.6 Å². The fourth-order valence-electron chi connectivity index (χ4n) is 2.13. The summed E-state index contributed by atoms with van der Waals surface area (Å²) in [5.41, 5.74) is 0. The molecule has 0 aromatic carbocycles. The maximum absolute atomic E-state index is 12.0. The zero-order valence-electron chi connectivity index (χ0n) is 12.2. The highest BCUT2D eigenvalue weighted by atomic mass is 32.2. The van der Waals surface area contributed by atoms with E-state index < -0.39 is 10.0 Å². The number of nitrogens with zero attached hydrogens (tertiary/aromatic N) is 3. The Morgan fingerprint density at radius 2 is 1.85 bits per heavy atom. The van der Waals surface area contributed by atoms with E-state index in [0.29, 0.717) is 0 Å². The third-order valence-electron chi connectivity index (χ3n) is 3.25. The molecule has 2 heterocycles. The van der Waals surface area contributed by atoms with Gasteiger partial charge in [0.25, 0.3) is 0 Å². The van der Waals surface area contributed by atoms with E-state index in [4.69, 9.17) is 0 Å². The number of hydrogen-bond donors (Lipinski definition) is 1. The van der Waals surface area contributed by atoms with Crippen LogP contribution < -0.4 is 9.62 Å². The zero-order valence-corrected chi connectivity index (χ0v) is 13.0. The summed E-state index contributed by atoms with van der Waals surface area (Å²) < 4.78 is 26.6. The number of rotatable bonds is 4. The van der Waals surface area contributed by atoms with E-state index in [1.54, 1.807) is 26.0 Å². The van der Waals surface area contributed by atoms with Gasteiger partial charge in [-0.25, -0.2) is 18.1 Å². The minimum absolute atomic E-state index is 0.127. The number of aromatic nitrogens is 1. The van der Waals surface area contributed by atoms with Gasteiger partial charge in [0.2, 0.25) is 10.0 Å². The SMILES string of the molecule is CC(C)NS(=O)(=O)c1ccc(N2CCN(C)CC2)nc1. The van der Waals surface area contributed by atoms with Gasteiger partial charge in [-0.05, 0) is 33.0 Å². The molecule has 0 atom stereocenters. The van der Waals surface area contributed by atoms with E-state index in [-0.39, 0.29) is 10.9 Å². The van der Waals surface area contributed by atoms with Gasteiger partial charge in [0, 0.05) is 38.4 Å². The van der Waals surface area contributed by atoms with Crippen LogP contribution >= 0.6 is 0 Å². The van der Waals surface area contributed by atoms with E-state index in [1.807, 2.05) is 0 Å². The van der Waals surface area contributed by atoms with Crippen molar-refractivity contribution in [1.82, 2.24) is 14.6 Å². The first-order valence-corrected chi connectivity index (χ1v) is 8.29. The van der Waals surface area contributed by atoms with Crippen LogP contribution in [0.2, 0.25) is 0 Å². The first-order valence-electron chi connectivity index (χ1n) is 6.80. The molecule has 20 heavy (non-hydrogen) atoms. The van der Waals surface area contributed by atoms with Crippen molar-refractivity contribution in [2.75, 3.05) is 38.1 Å². The topological polar surface area (TPSA) is 65.5 Å². The molecule has 7 heteroatoms. The molecule has 0 saturated carbocycles. The Kier molecular flexibility index (Phi) is 4.62. The maximum Gasteiger partial charge on any atom is 0.242 e. The summed E-state index contributed by atoms with van der Waals surface area (Å²) in [6.07, 6.45) is 1.43. The second-order valence-corrected chi connectivity index (χ2v) is 7.13. The largest absolute Gasteiger partial charge is 0.354 e. The van der Waals surface area contributed by atoms with Crippen molar-refractivity contribution < 1.29 is 8.42 Å².